The van der Waals surface area contributed by atoms with Crippen molar-refractivity contribution in [1.29, 1.82) is 0 Å². The first kappa shape index (κ1) is 6.96. The lowest BCUT2D eigenvalue weighted by atomic mass is 9.96. The van der Waals surface area contributed by atoms with E-state index in [4.69, 9.17) is 0 Å². The Morgan fingerprint density at radius 3 is 2.67 bits per heavy atom. The van der Waals surface area contributed by atoms with Gasteiger partial charge in [0.25, 0.3) is 0 Å². The summed E-state index contributed by atoms with van der Waals surface area (Å²) in [6, 6.07) is 0. The Hall–Kier alpha value is -0.500. The van der Waals surface area contributed by atoms with Gasteiger partial charge in [0.05, 0.1) is 5.54 Å². The van der Waals surface area contributed by atoms with Gasteiger partial charge in [0.15, 0.2) is 0 Å². The van der Waals surface area contributed by atoms with Crippen molar-refractivity contribution in [3.05, 3.63) is 11.8 Å². The van der Waals surface area contributed by atoms with Crippen molar-refractivity contribution in [2.75, 3.05) is 0 Å². The normalized spacial score (nSPS) is 40.9. The van der Waals surface area contributed by atoms with Crippen molar-refractivity contribution in [3.63, 3.8) is 0 Å². The maximum atomic E-state index is 3.42. The molecule has 1 aliphatic heterocycles. The molecule has 12 heavy (non-hydrogen) atoms. The molecule has 1 unspecified atom stereocenters. The molecule has 0 aromatic rings. The van der Waals surface area contributed by atoms with Crippen molar-refractivity contribution < 1.29 is 0 Å². The number of hydrogen-bond donors (Lipinski definition) is 2. The van der Waals surface area contributed by atoms with Crippen LogP contribution in [0.5, 0.6) is 0 Å². The van der Waals surface area contributed by atoms with Gasteiger partial charge in [-0.25, -0.2) is 5.43 Å². The first-order chi connectivity index (χ1) is 5.78. The zero-order chi connectivity index (χ0) is 8.18. The molecule has 2 N–H and O–H groups in total. The second kappa shape index (κ2) is 2.05. The van der Waals surface area contributed by atoms with E-state index >= 15 is 0 Å². The van der Waals surface area contributed by atoms with Gasteiger partial charge < -0.3 is 5.43 Å². The molecule has 1 atom stereocenters. The Kier molecular flexibility index (Phi) is 1.19. The second-order valence-corrected chi connectivity index (χ2v) is 4.68. The minimum Gasteiger partial charge on any atom is -0.325 e. The van der Waals surface area contributed by atoms with E-state index in [-0.39, 0.29) is 5.54 Å². The lowest BCUT2D eigenvalue weighted by Gasteiger charge is -2.20. The van der Waals surface area contributed by atoms with Crippen molar-refractivity contribution >= 4 is 0 Å². The van der Waals surface area contributed by atoms with Crippen molar-refractivity contribution in [3.8, 4) is 0 Å². The van der Waals surface area contributed by atoms with Crippen molar-refractivity contribution in [2.45, 2.75) is 38.1 Å². The van der Waals surface area contributed by atoms with E-state index in [1.807, 2.05) is 0 Å². The molecule has 0 aromatic carbocycles. The lowest BCUT2D eigenvalue weighted by Crippen LogP contribution is -2.44. The zero-order valence-electron chi connectivity index (χ0n) is 7.56. The van der Waals surface area contributed by atoms with E-state index in [1.54, 1.807) is 0 Å². The highest BCUT2D eigenvalue weighted by atomic mass is 15.4. The average Bonchev–Trinajstić information content (AvgIpc) is 2.91. The summed E-state index contributed by atoms with van der Waals surface area (Å²) < 4.78 is 0. The predicted molar refractivity (Wildman–Crippen MR) is 48.2 cm³/mol. The van der Waals surface area contributed by atoms with E-state index in [9.17, 15) is 0 Å². The fraction of sp³-hybridized carbons (Fsp3) is 0.800. The third kappa shape index (κ3) is 0.977. The Bertz CT molecular complexity index is 238. The van der Waals surface area contributed by atoms with Crippen LogP contribution in [0.2, 0.25) is 0 Å². The van der Waals surface area contributed by atoms with Crippen molar-refractivity contribution in [1.82, 2.24) is 10.9 Å². The van der Waals surface area contributed by atoms with Crippen LogP contribution in [-0.4, -0.2) is 5.54 Å². The Morgan fingerprint density at radius 2 is 2.08 bits per heavy atom. The molecule has 0 saturated heterocycles. The molecular formula is C10H16N2. The number of nitrogens with one attached hydrogen (secondary N) is 2. The van der Waals surface area contributed by atoms with Gasteiger partial charge in [0.2, 0.25) is 0 Å². The van der Waals surface area contributed by atoms with E-state index in [2.05, 4.69) is 23.9 Å². The summed E-state index contributed by atoms with van der Waals surface area (Å²) >= 11 is 0. The van der Waals surface area contributed by atoms with Crippen LogP contribution in [0, 0.1) is 11.8 Å². The number of hydrogen-bond acceptors (Lipinski definition) is 2. The van der Waals surface area contributed by atoms with Gasteiger partial charge in [-0.2, -0.15) is 0 Å². The Labute approximate surface area is 73.4 Å². The third-order valence-electron chi connectivity index (χ3n) is 3.37. The van der Waals surface area contributed by atoms with Gasteiger partial charge in [0, 0.05) is 5.70 Å². The summed E-state index contributed by atoms with van der Waals surface area (Å²) in [5.41, 5.74) is 8.50. The first-order valence-corrected chi connectivity index (χ1v) is 5.04. The maximum Gasteiger partial charge on any atom is 0.0570 e. The van der Waals surface area contributed by atoms with E-state index in [1.165, 1.54) is 31.4 Å². The molecule has 0 aromatic heterocycles. The monoisotopic (exact) mass is 164 g/mol. The number of rotatable bonds is 2. The van der Waals surface area contributed by atoms with Crippen LogP contribution in [0.15, 0.2) is 11.8 Å². The first-order valence-electron chi connectivity index (χ1n) is 5.04. The second-order valence-electron chi connectivity index (χ2n) is 4.68. The molecule has 2 nitrogen and oxygen atoms in total. The predicted octanol–water partition coefficient (Wildman–Crippen LogP) is 1.56. The quantitative estimate of drug-likeness (QED) is 0.647. The van der Waals surface area contributed by atoms with Crippen LogP contribution >= 0.6 is 0 Å². The highest BCUT2D eigenvalue weighted by Gasteiger charge is 2.44. The molecule has 3 aliphatic rings. The molecule has 0 spiro atoms. The molecule has 0 amide bonds. The fourth-order valence-corrected chi connectivity index (χ4v) is 2.12. The SMILES string of the molecule is CC1(C2CC2)C=C(C2CC2)NN1. The van der Waals surface area contributed by atoms with Crippen LogP contribution < -0.4 is 10.9 Å². The Balaban J connectivity index is 1.80. The van der Waals surface area contributed by atoms with Crippen LogP contribution in [0.1, 0.15) is 32.6 Å². The molecule has 66 valence electrons. The molecule has 2 saturated carbocycles. The summed E-state index contributed by atoms with van der Waals surface area (Å²) in [5, 5.41) is 0. The molecule has 1 heterocycles. The summed E-state index contributed by atoms with van der Waals surface area (Å²) in [6.45, 7) is 2.31. The molecule has 2 fully saturated rings. The molecule has 0 bridgehead atoms. The molecule has 3 rings (SSSR count). The van der Waals surface area contributed by atoms with E-state index < -0.39 is 0 Å². The summed E-state index contributed by atoms with van der Waals surface area (Å²) in [5.74, 6) is 1.75. The van der Waals surface area contributed by atoms with Crippen LogP contribution in [-0.2, 0) is 0 Å². The summed E-state index contributed by atoms with van der Waals surface area (Å²) in [6.07, 6.45) is 8.02. The topological polar surface area (TPSA) is 24.1 Å². The Morgan fingerprint density at radius 1 is 1.33 bits per heavy atom. The van der Waals surface area contributed by atoms with Gasteiger partial charge in [-0.1, -0.05) is 0 Å². The highest BCUT2D eigenvalue weighted by molar-refractivity contribution is 5.25. The van der Waals surface area contributed by atoms with Gasteiger partial charge in [-0.05, 0) is 50.5 Å². The van der Waals surface area contributed by atoms with Crippen LogP contribution in [0.3, 0.4) is 0 Å². The minimum absolute atomic E-state index is 0.276. The average molecular weight is 164 g/mol. The summed E-state index contributed by atoms with van der Waals surface area (Å²) in [4.78, 5) is 0. The largest absolute Gasteiger partial charge is 0.325 e. The molecule has 2 aliphatic carbocycles. The van der Waals surface area contributed by atoms with Crippen molar-refractivity contribution in [2.24, 2.45) is 11.8 Å². The standard InChI is InChI=1S/C10H16N2/c1-10(8-4-5-8)6-9(11-12-10)7-2-3-7/h6-8,11-12H,2-5H2,1H3. The third-order valence-corrected chi connectivity index (χ3v) is 3.37. The smallest absolute Gasteiger partial charge is 0.0570 e. The molecule has 2 heteroatoms. The zero-order valence-corrected chi connectivity index (χ0v) is 7.56. The lowest BCUT2D eigenvalue weighted by molar-refractivity contribution is 0.384. The summed E-state index contributed by atoms with van der Waals surface area (Å²) in [7, 11) is 0. The van der Waals surface area contributed by atoms with Gasteiger partial charge in [-0.15, -0.1) is 0 Å². The fourth-order valence-electron chi connectivity index (χ4n) is 2.12. The van der Waals surface area contributed by atoms with Gasteiger partial charge >= 0.3 is 0 Å². The van der Waals surface area contributed by atoms with Crippen LogP contribution in [0.25, 0.3) is 0 Å². The number of allylic oxidation sites excluding steroid dienone is 1. The molecule has 0 radical (unpaired) electrons. The van der Waals surface area contributed by atoms with Crippen LogP contribution in [0.4, 0.5) is 0 Å². The van der Waals surface area contributed by atoms with E-state index in [0.717, 1.165) is 11.8 Å². The van der Waals surface area contributed by atoms with Gasteiger partial charge in [0.1, 0.15) is 0 Å². The maximum absolute atomic E-state index is 3.42. The number of hydrazine groups is 1. The van der Waals surface area contributed by atoms with E-state index in [0.29, 0.717) is 0 Å². The highest BCUT2D eigenvalue weighted by Crippen LogP contribution is 2.45. The molecular weight excluding hydrogens is 148 g/mol. The minimum atomic E-state index is 0.276. The van der Waals surface area contributed by atoms with Gasteiger partial charge in [-0.3, -0.25) is 0 Å².